The van der Waals surface area contributed by atoms with E-state index in [2.05, 4.69) is 5.10 Å². The normalized spacial score (nSPS) is 9.75. The third kappa shape index (κ3) is 2.98. The Balaban J connectivity index is 2.66. The van der Waals surface area contributed by atoms with E-state index < -0.39 is 5.97 Å². The first kappa shape index (κ1) is 12.0. The molecule has 0 saturated carbocycles. The van der Waals surface area contributed by atoms with E-state index >= 15 is 0 Å². The first-order valence-electron chi connectivity index (χ1n) is 5.06. The van der Waals surface area contributed by atoms with Crippen molar-refractivity contribution in [2.24, 2.45) is 0 Å². The molecule has 0 amide bonds. The number of hydrogen-bond acceptors (Lipinski definition) is 5. The van der Waals surface area contributed by atoms with Gasteiger partial charge in [0.25, 0.3) is 0 Å². The second kappa shape index (κ2) is 5.75. The molecule has 86 valence electrons. The van der Waals surface area contributed by atoms with Gasteiger partial charge in [0, 0.05) is 19.2 Å². The van der Waals surface area contributed by atoms with Gasteiger partial charge in [-0.1, -0.05) is 0 Å². The predicted octanol–water partition coefficient (Wildman–Crippen LogP) is 0.946. The van der Waals surface area contributed by atoms with Crippen molar-refractivity contribution in [2.45, 2.75) is 26.3 Å². The number of esters is 1. The molecule has 0 aromatic carbocycles. The summed E-state index contributed by atoms with van der Waals surface area (Å²) >= 11 is 0. The molecule has 0 saturated heterocycles. The van der Waals surface area contributed by atoms with Crippen LogP contribution in [0.15, 0.2) is 6.20 Å². The highest BCUT2D eigenvalue weighted by atomic mass is 16.5. The van der Waals surface area contributed by atoms with Gasteiger partial charge in [0.2, 0.25) is 0 Å². The van der Waals surface area contributed by atoms with Crippen LogP contribution in [0.5, 0.6) is 0 Å². The molecular formula is C10H14N4O2. The largest absolute Gasteiger partial charge is 0.461 e. The summed E-state index contributed by atoms with van der Waals surface area (Å²) < 4.78 is 6.36. The van der Waals surface area contributed by atoms with Gasteiger partial charge in [0.05, 0.1) is 18.4 Å². The summed E-state index contributed by atoms with van der Waals surface area (Å²) in [4.78, 5) is 11.4. The molecule has 16 heavy (non-hydrogen) atoms. The molecule has 1 heterocycles. The molecule has 6 nitrogen and oxygen atoms in total. The standard InChI is InChI=1S/C10H14N4O2/c1-2-16-10(15)9-8(12)7-14(13-9)6-4-3-5-11/h7H,2-4,6,12H2,1H3. The van der Waals surface area contributed by atoms with Gasteiger partial charge in [-0.25, -0.2) is 4.79 Å². The quantitative estimate of drug-likeness (QED) is 0.591. The van der Waals surface area contributed by atoms with Gasteiger partial charge in [-0.3, -0.25) is 4.68 Å². The van der Waals surface area contributed by atoms with Crippen molar-refractivity contribution in [1.29, 1.82) is 5.26 Å². The number of anilines is 1. The summed E-state index contributed by atoms with van der Waals surface area (Å²) in [6.07, 6.45) is 2.71. The topological polar surface area (TPSA) is 93.9 Å². The molecule has 0 fully saturated rings. The minimum atomic E-state index is -0.515. The van der Waals surface area contributed by atoms with Crippen LogP contribution in [0.1, 0.15) is 30.3 Å². The van der Waals surface area contributed by atoms with Crippen LogP contribution in [-0.4, -0.2) is 22.4 Å². The number of nitrogens with two attached hydrogens (primary N) is 1. The summed E-state index contributed by atoms with van der Waals surface area (Å²) in [6, 6.07) is 2.04. The summed E-state index contributed by atoms with van der Waals surface area (Å²) in [5, 5.41) is 12.4. The van der Waals surface area contributed by atoms with Gasteiger partial charge in [-0.2, -0.15) is 10.4 Å². The highest BCUT2D eigenvalue weighted by Gasteiger charge is 2.15. The summed E-state index contributed by atoms with van der Waals surface area (Å²) in [7, 11) is 0. The van der Waals surface area contributed by atoms with Crippen LogP contribution in [0.2, 0.25) is 0 Å². The predicted molar refractivity (Wildman–Crippen MR) is 57.4 cm³/mol. The third-order valence-electron chi connectivity index (χ3n) is 1.93. The minimum Gasteiger partial charge on any atom is -0.461 e. The molecule has 0 unspecified atom stereocenters. The number of carbonyl (C=O) groups is 1. The lowest BCUT2D eigenvalue weighted by molar-refractivity contribution is 0.0519. The van der Waals surface area contributed by atoms with Crippen LogP contribution in [0.4, 0.5) is 5.69 Å². The lowest BCUT2D eigenvalue weighted by atomic mass is 10.3. The number of nitrogens with zero attached hydrogens (tertiary/aromatic N) is 3. The Labute approximate surface area is 93.6 Å². The van der Waals surface area contributed by atoms with Gasteiger partial charge in [0.15, 0.2) is 5.69 Å². The molecule has 0 aliphatic heterocycles. The van der Waals surface area contributed by atoms with Crippen molar-refractivity contribution >= 4 is 11.7 Å². The average Bonchev–Trinajstić information content (AvgIpc) is 2.61. The van der Waals surface area contributed by atoms with Gasteiger partial charge >= 0.3 is 5.97 Å². The smallest absolute Gasteiger partial charge is 0.361 e. The van der Waals surface area contributed by atoms with Crippen molar-refractivity contribution in [3.8, 4) is 6.07 Å². The van der Waals surface area contributed by atoms with Crippen LogP contribution in [-0.2, 0) is 11.3 Å². The second-order valence-electron chi connectivity index (χ2n) is 3.18. The van der Waals surface area contributed by atoms with E-state index in [4.69, 9.17) is 15.7 Å². The number of hydrogen-bond donors (Lipinski definition) is 1. The molecule has 0 spiro atoms. The molecule has 1 rings (SSSR count). The first-order chi connectivity index (χ1) is 7.69. The average molecular weight is 222 g/mol. The zero-order chi connectivity index (χ0) is 12.0. The Morgan fingerprint density at radius 3 is 3.12 bits per heavy atom. The van der Waals surface area contributed by atoms with E-state index in [1.807, 2.05) is 6.07 Å². The monoisotopic (exact) mass is 222 g/mol. The molecular weight excluding hydrogens is 208 g/mol. The molecule has 0 radical (unpaired) electrons. The first-order valence-corrected chi connectivity index (χ1v) is 5.06. The SMILES string of the molecule is CCOC(=O)c1nn(CCCC#N)cc1N. The Kier molecular flexibility index (Phi) is 4.33. The maximum absolute atomic E-state index is 11.4. The number of rotatable bonds is 5. The number of nitrogen functional groups attached to an aromatic ring is 1. The van der Waals surface area contributed by atoms with E-state index in [1.54, 1.807) is 17.8 Å². The van der Waals surface area contributed by atoms with Crippen molar-refractivity contribution in [3.63, 3.8) is 0 Å². The number of nitriles is 1. The Bertz CT molecular complexity index is 405. The van der Waals surface area contributed by atoms with E-state index in [1.165, 1.54) is 0 Å². The molecule has 1 aromatic rings. The molecule has 2 N–H and O–H groups in total. The molecule has 0 aliphatic rings. The number of ether oxygens (including phenoxy) is 1. The molecule has 0 aliphatic carbocycles. The second-order valence-corrected chi connectivity index (χ2v) is 3.18. The molecule has 0 bridgehead atoms. The lowest BCUT2D eigenvalue weighted by Gasteiger charge is -1.98. The molecule has 0 atom stereocenters. The number of aromatic nitrogens is 2. The maximum atomic E-state index is 11.4. The van der Waals surface area contributed by atoms with Crippen LogP contribution in [0, 0.1) is 11.3 Å². The fourth-order valence-electron chi connectivity index (χ4n) is 1.23. The number of carbonyl (C=O) groups excluding carboxylic acids is 1. The summed E-state index contributed by atoms with van der Waals surface area (Å²) in [5.74, 6) is -0.515. The van der Waals surface area contributed by atoms with Gasteiger partial charge < -0.3 is 10.5 Å². The van der Waals surface area contributed by atoms with Crippen LogP contribution >= 0.6 is 0 Å². The van der Waals surface area contributed by atoms with Crippen LogP contribution in [0.25, 0.3) is 0 Å². The zero-order valence-electron chi connectivity index (χ0n) is 9.14. The van der Waals surface area contributed by atoms with Crippen molar-refractivity contribution in [3.05, 3.63) is 11.9 Å². The Hall–Kier alpha value is -2.03. The van der Waals surface area contributed by atoms with Crippen molar-refractivity contribution in [1.82, 2.24) is 9.78 Å². The van der Waals surface area contributed by atoms with E-state index in [-0.39, 0.29) is 5.69 Å². The summed E-state index contributed by atoms with van der Waals surface area (Å²) in [5.41, 5.74) is 6.07. The zero-order valence-corrected chi connectivity index (χ0v) is 9.14. The fraction of sp³-hybridized carbons (Fsp3) is 0.500. The molecule has 6 heteroatoms. The molecule has 1 aromatic heterocycles. The Morgan fingerprint density at radius 1 is 1.75 bits per heavy atom. The van der Waals surface area contributed by atoms with Crippen LogP contribution in [0.3, 0.4) is 0 Å². The van der Waals surface area contributed by atoms with Crippen molar-refractivity contribution < 1.29 is 9.53 Å². The Morgan fingerprint density at radius 2 is 2.50 bits per heavy atom. The number of aryl methyl sites for hydroxylation is 1. The third-order valence-corrected chi connectivity index (χ3v) is 1.93. The lowest BCUT2D eigenvalue weighted by Crippen LogP contribution is -2.08. The summed E-state index contributed by atoms with van der Waals surface area (Å²) in [6.45, 7) is 2.58. The van der Waals surface area contributed by atoms with E-state index in [0.717, 1.165) is 0 Å². The van der Waals surface area contributed by atoms with Gasteiger partial charge in [-0.05, 0) is 13.3 Å². The minimum absolute atomic E-state index is 0.138. The highest BCUT2D eigenvalue weighted by Crippen LogP contribution is 2.11. The fourth-order valence-corrected chi connectivity index (χ4v) is 1.23. The maximum Gasteiger partial charge on any atom is 0.361 e. The van der Waals surface area contributed by atoms with Gasteiger partial charge in [0.1, 0.15) is 0 Å². The van der Waals surface area contributed by atoms with Gasteiger partial charge in [-0.15, -0.1) is 0 Å². The van der Waals surface area contributed by atoms with Crippen LogP contribution < -0.4 is 5.73 Å². The van der Waals surface area contributed by atoms with E-state index in [0.29, 0.717) is 31.7 Å². The number of unbranched alkanes of at least 4 members (excludes halogenated alkanes) is 1. The van der Waals surface area contributed by atoms with Crippen molar-refractivity contribution in [2.75, 3.05) is 12.3 Å². The van der Waals surface area contributed by atoms with E-state index in [9.17, 15) is 4.79 Å². The highest BCUT2D eigenvalue weighted by molar-refractivity contribution is 5.92.